The number of carbonyl (C=O) groups excluding carboxylic acids is 1. The number of benzene rings is 2. The Kier molecular flexibility index (Phi) is 4.71. The second-order valence-electron chi connectivity index (χ2n) is 5.69. The molecule has 0 aromatic heterocycles. The molecular formula is C16H17BrClNO. The molecule has 1 amide bonds. The van der Waals surface area contributed by atoms with Crippen molar-refractivity contribution in [3.8, 4) is 0 Å². The molecule has 2 nitrogen and oxygen atoms in total. The lowest BCUT2D eigenvalue weighted by Gasteiger charge is -2.21. The SMILES string of the molecule is CC(C)(CCl)CNC(=O)c1ccc2cc(Br)ccc2c1. The molecule has 0 aliphatic rings. The molecule has 0 aliphatic carbocycles. The summed E-state index contributed by atoms with van der Waals surface area (Å²) in [7, 11) is 0. The van der Waals surface area contributed by atoms with Gasteiger partial charge in [-0.15, -0.1) is 11.6 Å². The minimum absolute atomic E-state index is 0.0620. The van der Waals surface area contributed by atoms with E-state index in [0.29, 0.717) is 18.0 Å². The van der Waals surface area contributed by atoms with Crippen LogP contribution in [0.1, 0.15) is 24.2 Å². The summed E-state index contributed by atoms with van der Waals surface area (Å²) in [5.74, 6) is 0.451. The van der Waals surface area contributed by atoms with Gasteiger partial charge in [0.15, 0.2) is 0 Å². The fourth-order valence-corrected chi connectivity index (χ4v) is 2.30. The third-order valence-electron chi connectivity index (χ3n) is 3.15. The number of carbonyl (C=O) groups is 1. The molecule has 106 valence electrons. The molecule has 0 aliphatic heterocycles. The van der Waals surface area contributed by atoms with E-state index < -0.39 is 0 Å². The number of hydrogen-bond acceptors (Lipinski definition) is 1. The minimum Gasteiger partial charge on any atom is -0.351 e. The van der Waals surface area contributed by atoms with Crippen LogP contribution in [0, 0.1) is 5.41 Å². The van der Waals surface area contributed by atoms with Gasteiger partial charge in [-0.05, 0) is 40.5 Å². The highest BCUT2D eigenvalue weighted by Crippen LogP contribution is 2.21. The van der Waals surface area contributed by atoms with Crippen molar-refractivity contribution in [2.75, 3.05) is 12.4 Å². The van der Waals surface area contributed by atoms with Crippen molar-refractivity contribution in [2.45, 2.75) is 13.8 Å². The molecule has 2 aromatic carbocycles. The van der Waals surface area contributed by atoms with Gasteiger partial charge in [0, 0.05) is 22.5 Å². The second kappa shape index (κ2) is 6.15. The lowest BCUT2D eigenvalue weighted by molar-refractivity contribution is 0.0940. The molecule has 0 heterocycles. The maximum atomic E-state index is 12.2. The Morgan fingerprint density at radius 1 is 1.20 bits per heavy atom. The first-order valence-electron chi connectivity index (χ1n) is 6.45. The van der Waals surface area contributed by atoms with Gasteiger partial charge < -0.3 is 5.32 Å². The van der Waals surface area contributed by atoms with Gasteiger partial charge in [-0.25, -0.2) is 0 Å². The Hall–Kier alpha value is -1.06. The van der Waals surface area contributed by atoms with Gasteiger partial charge >= 0.3 is 0 Å². The number of fused-ring (bicyclic) bond motifs is 1. The quantitative estimate of drug-likeness (QED) is 0.799. The molecule has 0 spiro atoms. The third-order valence-corrected chi connectivity index (χ3v) is 4.37. The molecule has 2 rings (SSSR count). The van der Waals surface area contributed by atoms with Crippen LogP contribution in [-0.2, 0) is 0 Å². The first-order chi connectivity index (χ1) is 9.41. The van der Waals surface area contributed by atoms with Gasteiger partial charge in [-0.3, -0.25) is 4.79 Å². The summed E-state index contributed by atoms with van der Waals surface area (Å²) in [6, 6.07) is 11.7. The van der Waals surface area contributed by atoms with E-state index in [9.17, 15) is 4.79 Å². The van der Waals surface area contributed by atoms with Crippen LogP contribution < -0.4 is 5.32 Å². The molecule has 20 heavy (non-hydrogen) atoms. The van der Waals surface area contributed by atoms with Crippen molar-refractivity contribution in [3.05, 3.63) is 46.4 Å². The smallest absolute Gasteiger partial charge is 0.251 e. The van der Waals surface area contributed by atoms with Crippen LogP contribution >= 0.6 is 27.5 Å². The van der Waals surface area contributed by atoms with E-state index >= 15 is 0 Å². The number of alkyl halides is 1. The minimum atomic E-state index is -0.0983. The molecule has 0 fully saturated rings. The molecule has 0 unspecified atom stereocenters. The van der Waals surface area contributed by atoms with Crippen LogP contribution in [0.4, 0.5) is 0 Å². The van der Waals surface area contributed by atoms with Gasteiger partial charge in [0.1, 0.15) is 0 Å². The Balaban J connectivity index is 2.16. The van der Waals surface area contributed by atoms with E-state index in [2.05, 4.69) is 21.2 Å². The molecule has 1 N–H and O–H groups in total. The van der Waals surface area contributed by atoms with Gasteiger partial charge in [-0.1, -0.05) is 41.9 Å². The molecule has 0 atom stereocenters. The molecule has 0 saturated heterocycles. The monoisotopic (exact) mass is 353 g/mol. The number of nitrogens with one attached hydrogen (secondary N) is 1. The zero-order chi connectivity index (χ0) is 14.8. The predicted molar refractivity (Wildman–Crippen MR) is 88.5 cm³/mol. The Morgan fingerprint density at radius 2 is 1.85 bits per heavy atom. The normalized spacial score (nSPS) is 11.6. The lowest BCUT2D eigenvalue weighted by Crippen LogP contribution is -2.34. The van der Waals surface area contributed by atoms with Crippen molar-refractivity contribution >= 4 is 44.2 Å². The summed E-state index contributed by atoms with van der Waals surface area (Å²) >= 11 is 9.30. The van der Waals surface area contributed by atoms with Crippen LogP contribution in [0.25, 0.3) is 10.8 Å². The van der Waals surface area contributed by atoms with Gasteiger partial charge in [0.05, 0.1) is 0 Å². The Labute approximate surface area is 132 Å². The largest absolute Gasteiger partial charge is 0.351 e. The summed E-state index contributed by atoms with van der Waals surface area (Å²) < 4.78 is 1.03. The summed E-state index contributed by atoms with van der Waals surface area (Å²) in [6.45, 7) is 4.62. The lowest BCUT2D eigenvalue weighted by atomic mass is 9.96. The summed E-state index contributed by atoms with van der Waals surface area (Å²) in [5, 5.41) is 5.10. The van der Waals surface area contributed by atoms with E-state index in [4.69, 9.17) is 11.6 Å². The fraction of sp³-hybridized carbons (Fsp3) is 0.312. The predicted octanol–water partition coefficient (Wildman–Crippen LogP) is 4.60. The Bertz CT molecular complexity index is 639. The van der Waals surface area contributed by atoms with Crippen molar-refractivity contribution in [2.24, 2.45) is 5.41 Å². The van der Waals surface area contributed by atoms with Gasteiger partial charge in [0.2, 0.25) is 0 Å². The van der Waals surface area contributed by atoms with Crippen molar-refractivity contribution in [3.63, 3.8) is 0 Å². The van der Waals surface area contributed by atoms with Crippen molar-refractivity contribution in [1.29, 1.82) is 0 Å². The van der Waals surface area contributed by atoms with Crippen LogP contribution in [0.2, 0.25) is 0 Å². The zero-order valence-corrected chi connectivity index (χ0v) is 13.9. The van der Waals surface area contributed by atoms with Gasteiger partial charge in [-0.2, -0.15) is 0 Å². The Morgan fingerprint density at radius 3 is 2.55 bits per heavy atom. The highest BCUT2D eigenvalue weighted by molar-refractivity contribution is 9.10. The van der Waals surface area contributed by atoms with Crippen LogP contribution in [-0.4, -0.2) is 18.3 Å². The van der Waals surface area contributed by atoms with E-state index in [1.165, 1.54) is 0 Å². The molecular weight excluding hydrogens is 338 g/mol. The van der Waals surface area contributed by atoms with E-state index in [1.54, 1.807) is 0 Å². The van der Waals surface area contributed by atoms with E-state index in [-0.39, 0.29) is 11.3 Å². The molecule has 0 saturated carbocycles. The second-order valence-corrected chi connectivity index (χ2v) is 6.87. The topological polar surface area (TPSA) is 29.1 Å². The number of amides is 1. The number of rotatable bonds is 4. The maximum absolute atomic E-state index is 12.2. The van der Waals surface area contributed by atoms with Crippen molar-refractivity contribution in [1.82, 2.24) is 5.32 Å². The fourth-order valence-electron chi connectivity index (χ4n) is 1.83. The summed E-state index contributed by atoms with van der Waals surface area (Å²) in [6.07, 6.45) is 0. The van der Waals surface area contributed by atoms with Crippen LogP contribution in [0.15, 0.2) is 40.9 Å². The van der Waals surface area contributed by atoms with Gasteiger partial charge in [0.25, 0.3) is 5.91 Å². The molecule has 0 bridgehead atoms. The summed E-state index contributed by atoms with van der Waals surface area (Å²) in [4.78, 5) is 12.2. The maximum Gasteiger partial charge on any atom is 0.251 e. The molecule has 0 radical (unpaired) electrons. The number of halogens is 2. The number of hydrogen-bond donors (Lipinski definition) is 1. The standard InChI is InChI=1S/C16H17BrClNO/c1-16(2,9-18)10-19-15(20)13-4-3-12-8-14(17)6-5-11(12)7-13/h3-8H,9-10H2,1-2H3,(H,19,20). The van der Waals surface area contributed by atoms with Crippen molar-refractivity contribution < 1.29 is 4.79 Å². The first kappa shape index (κ1) is 15.3. The van der Waals surface area contributed by atoms with E-state index in [1.807, 2.05) is 50.2 Å². The first-order valence-corrected chi connectivity index (χ1v) is 7.77. The average Bonchev–Trinajstić information content (AvgIpc) is 2.44. The molecule has 4 heteroatoms. The summed E-state index contributed by atoms with van der Waals surface area (Å²) in [5.41, 5.74) is 0.573. The third kappa shape index (κ3) is 3.74. The molecule has 2 aromatic rings. The average molecular weight is 355 g/mol. The highest BCUT2D eigenvalue weighted by Gasteiger charge is 2.17. The zero-order valence-electron chi connectivity index (χ0n) is 11.5. The highest BCUT2D eigenvalue weighted by atomic mass is 79.9. The van der Waals surface area contributed by atoms with Crippen LogP contribution in [0.3, 0.4) is 0 Å². The van der Waals surface area contributed by atoms with Crippen LogP contribution in [0.5, 0.6) is 0 Å². The van der Waals surface area contributed by atoms with E-state index in [0.717, 1.165) is 15.2 Å².